The van der Waals surface area contributed by atoms with Crippen molar-refractivity contribution in [3.8, 4) is 0 Å². The maximum Gasteiger partial charge on any atom is 0.411 e. The van der Waals surface area contributed by atoms with Gasteiger partial charge in [0.15, 0.2) is 0 Å². The first-order chi connectivity index (χ1) is 10.2. The van der Waals surface area contributed by atoms with Gasteiger partial charge in [-0.3, -0.25) is 4.79 Å². The van der Waals surface area contributed by atoms with Crippen LogP contribution in [-0.4, -0.2) is 35.7 Å². The molecule has 0 aromatic heterocycles. The van der Waals surface area contributed by atoms with Crippen LogP contribution in [0.3, 0.4) is 0 Å². The van der Waals surface area contributed by atoms with Gasteiger partial charge in [0.2, 0.25) is 0 Å². The Kier molecular flexibility index (Phi) is 6.87. The van der Waals surface area contributed by atoms with Gasteiger partial charge < -0.3 is 9.64 Å². The summed E-state index contributed by atoms with van der Waals surface area (Å²) >= 11 is 0. The number of carbonyl (C=O) groups is 1. The number of alkyl halides is 3. The van der Waals surface area contributed by atoms with Crippen LogP contribution in [0.4, 0.5) is 13.2 Å². The van der Waals surface area contributed by atoms with Crippen molar-refractivity contribution in [1.29, 1.82) is 0 Å². The van der Waals surface area contributed by atoms with Gasteiger partial charge in [-0.05, 0) is 25.8 Å². The number of rotatable bonds is 7. The van der Waals surface area contributed by atoms with E-state index in [0.717, 1.165) is 5.56 Å². The summed E-state index contributed by atoms with van der Waals surface area (Å²) < 4.78 is 41.3. The van der Waals surface area contributed by atoms with Gasteiger partial charge in [-0.25, -0.2) is 0 Å². The summed E-state index contributed by atoms with van der Waals surface area (Å²) in [5.41, 5.74) is 0.930. The normalized spacial score (nSPS) is 14.5. The number of halogens is 3. The smallest absolute Gasteiger partial charge is 0.359 e. The highest BCUT2D eigenvalue weighted by molar-refractivity contribution is 5.80. The summed E-state index contributed by atoms with van der Waals surface area (Å²) in [6, 6.07) is 9.27. The predicted molar refractivity (Wildman–Crippen MR) is 78.2 cm³/mol. The molecular weight excluding hydrogens is 295 g/mol. The molecule has 0 bridgehead atoms. The second-order valence-corrected chi connectivity index (χ2v) is 5.28. The Morgan fingerprint density at radius 2 is 1.82 bits per heavy atom. The third kappa shape index (κ3) is 6.05. The lowest BCUT2D eigenvalue weighted by atomic mass is 10.1. The summed E-state index contributed by atoms with van der Waals surface area (Å²) in [7, 11) is 0. The Bertz CT molecular complexity index is 462. The summed E-state index contributed by atoms with van der Waals surface area (Å²) in [4.78, 5) is 14.0. The van der Waals surface area contributed by atoms with Crippen molar-refractivity contribution in [3.63, 3.8) is 0 Å². The molecule has 1 rings (SSSR count). The van der Waals surface area contributed by atoms with Crippen LogP contribution in [0.1, 0.15) is 32.8 Å². The number of hydrogen-bond acceptors (Lipinski definition) is 2. The zero-order valence-corrected chi connectivity index (χ0v) is 13.1. The highest BCUT2D eigenvalue weighted by Crippen LogP contribution is 2.18. The van der Waals surface area contributed by atoms with Gasteiger partial charge in [-0.1, -0.05) is 37.3 Å². The molecule has 0 heterocycles. The molecule has 0 aliphatic heterocycles. The van der Waals surface area contributed by atoms with E-state index in [9.17, 15) is 18.0 Å². The summed E-state index contributed by atoms with van der Waals surface area (Å²) in [5, 5.41) is 0. The standard InChI is InChI=1S/C16H22F3NO2/c1-4-12(2)20(10-14-8-6-5-7-9-14)15(21)13(3)22-11-16(17,18)19/h5-9,12-13H,4,10-11H2,1-3H3. The average Bonchev–Trinajstić information content (AvgIpc) is 2.49. The van der Waals surface area contributed by atoms with Crippen LogP contribution in [0, 0.1) is 0 Å². The average molecular weight is 317 g/mol. The third-order valence-corrected chi connectivity index (χ3v) is 3.45. The lowest BCUT2D eigenvalue weighted by Crippen LogP contribution is -2.44. The van der Waals surface area contributed by atoms with E-state index in [1.807, 2.05) is 44.2 Å². The third-order valence-electron chi connectivity index (χ3n) is 3.45. The van der Waals surface area contributed by atoms with E-state index < -0.39 is 24.8 Å². The van der Waals surface area contributed by atoms with E-state index in [0.29, 0.717) is 13.0 Å². The number of amides is 1. The van der Waals surface area contributed by atoms with Crippen molar-refractivity contribution in [2.75, 3.05) is 6.61 Å². The van der Waals surface area contributed by atoms with Crippen molar-refractivity contribution in [2.45, 2.75) is 52.1 Å². The molecule has 2 atom stereocenters. The molecule has 1 amide bonds. The van der Waals surface area contributed by atoms with Crippen LogP contribution in [0.15, 0.2) is 30.3 Å². The molecule has 0 aliphatic carbocycles. The van der Waals surface area contributed by atoms with Crippen LogP contribution in [0.2, 0.25) is 0 Å². The quantitative estimate of drug-likeness (QED) is 0.766. The highest BCUT2D eigenvalue weighted by atomic mass is 19.4. The summed E-state index contributed by atoms with van der Waals surface area (Å²) in [6.07, 6.45) is -4.85. The van der Waals surface area contributed by atoms with Gasteiger partial charge in [-0.15, -0.1) is 0 Å². The summed E-state index contributed by atoms with van der Waals surface area (Å²) in [5.74, 6) is -0.428. The molecule has 0 spiro atoms. The van der Waals surface area contributed by atoms with Crippen molar-refractivity contribution in [3.05, 3.63) is 35.9 Å². The zero-order valence-electron chi connectivity index (χ0n) is 13.1. The first-order valence-corrected chi connectivity index (χ1v) is 7.27. The second kappa shape index (κ2) is 8.17. The second-order valence-electron chi connectivity index (χ2n) is 5.28. The van der Waals surface area contributed by atoms with E-state index in [-0.39, 0.29) is 6.04 Å². The molecule has 124 valence electrons. The maximum atomic E-state index is 12.4. The Labute approximate surface area is 129 Å². The Hall–Kier alpha value is -1.56. The molecule has 0 radical (unpaired) electrons. The number of hydrogen-bond donors (Lipinski definition) is 0. The fourth-order valence-corrected chi connectivity index (χ4v) is 1.98. The minimum Gasteiger partial charge on any atom is -0.359 e. The molecule has 6 heteroatoms. The molecule has 0 saturated heterocycles. The number of carbonyl (C=O) groups excluding carboxylic acids is 1. The van der Waals surface area contributed by atoms with Crippen molar-refractivity contribution >= 4 is 5.91 Å². The number of ether oxygens (including phenoxy) is 1. The highest BCUT2D eigenvalue weighted by Gasteiger charge is 2.32. The van der Waals surface area contributed by atoms with Crippen molar-refractivity contribution in [2.24, 2.45) is 0 Å². The fourth-order valence-electron chi connectivity index (χ4n) is 1.98. The SMILES string of the molecule is CCC(C)N(Cc1ccccc1)C(=O)C(C)OCC(F)(F)F. The van der Waals surface area contributed by atoms with E-state index in [4.69, 9.17) is 0 Å². The van der Waals surface area contributed by atoms with Crippen LogP contribution in [-0.2, 0) is 16.1 Å². The van der Waals surface area contributed by atoms with E-state index >= 15 is 0 Å². The van der Waals surface area contributed by atoms with Crippen molar-refractivity contribution in [1.82, 2.24) is 4.90 Å². The fraction of sp³-hybridized carbons (Fsp3) is 0.562. The molecule has 1 aromatic rings. The van der Waals surface area contributed by atoms with E-state index in [1.54, 1.807) is 4.90 Å². The molecule has 0 saturated carbocycles. The largest absolute Gasteiger partial charge is 0.411 e. The molecule has 0 fully saturated rings. The maximum absolute atomic E-state index is 12.4. The van der Waals surface area contributed by atoms with Gasteiger partial charge in [0.05, 0.1) is 0 Å². The van der Waals surface area contributed by atoms with Gasteiger partial charge >= 0.3 is 6.18 Å². The van der Waals surface area contributed by atoms with Crippen LogP contribution in [0.25, 0.3) is 0 Å². The zero-order chi connectivity index (χ0) is 16.8. The monoisotopic (exact) mass is 317 g/mol. The van der Waals surface area contributed by atoms with Crippen LogP contribution in [0.5, 0.6) is 0 Å². The first-order valence-electron chi connectivity index (χ1n) is 7.27. The Balaban J connectivity index is 2.76. The van der Waals surface area contributed by atoms with Gasteiger partial charge in [0.1, 0.15) is 12.7 Å². The molecular formula is C16H22F3NO2. The van der Waals surface area contributed by atoms with E-state index in [1.165, 1.54) is 6.92 Å². The van der Waals surface area contributed by atoms with Gasteiger partial charge in [0.25, 0.3) is 5.91 Å². The van der Waals surface area contributed by atoms with E-state index in [2.05, 4.69) is 4.74 Å². The van der Waals surface area contributed by atoms with Crippen molar-refractivity contribution < 1.29 is 22.7 Å². The molecule has 0 aliphatic rings. The van der Waals surface area contributed by atoms with Crippen LogP contribution >= 0.6 is 0 Å². The topological polar surface area (TPSA) is 29.5 Å². The molecule has 22 heavy (non-hydrogen) atoms. The lowest BCUT2D eigenvalue weighted by Gasteiger charge is -2.31. The summed E-state index contributed by atoms with van der Waals surface area (Å²) in [6.45, 7) is 4.09. The molecule has 2 unspecified atom stereocenters. The molecule has 3 nitrogen and oxygen atoms in total. The predicted octanol–water partition coefficient (Wildman–Crippen LogP) is 3.78. The minimum atomic E-state index is -4.44. The molecule has 1 aromatic carbocycles. The Morgan fingerprint density at radius 1 is 1.23 bits per heavy atom. The van der Waals surface area contributed by atoms with Crippen LogP contribution < -0.4 is 0 Å². The number of nitrogens with zero attached hydrogens (tertiary/aromatic N) is 1. The van der Waals surface area contributed by atoms with Gasteiger partial charge in [0, 0.05) is 12.6 Å². The minimum absolute atomic E-state index is 0.0790. The van der Waals surface area contributed by atoms with Gasteiger partial charge in [-0.2, -0.15) is 13.2 Å². The Morgan fingerprint density at radius 3 is 2.32 bits per heavy atom. The first kappa shape index (κ1) is 18.5. The lowest BCUT2D eigenvalue weighted by molar-refractivity contribution is -0.189. The molecule has 0 N–H and O–H groups in total. The number of benzene rings is 1.